The fraction of sp³-hybridized carbons (Fsp3) is 0.467. The highest BCUT2D eigenvalue weighted by atomic mass is 35.5. The molecule has 0 bridgehead atoms. The van der Waals surface area contributed by atoms with Gasteiger partial charge in [0.15, 0.2) is 5.92 Å². The van der Waals surface area contributed by atoms with Crippen LogP contribution in [-0.4, -0.2) is 25.2 Å². The lowest BCUT2D eigenvalue weighted by Crippen LogP contribution is -2.29. The monoisotopic (exact) mass is 298 g/mol. The van der Waals surface area contributed by atoms with E-state index in [0.717, 1.165) is 5.56 Å². The molecule has 0 aliphatic heterocycles. The SMILES string of the molecule is CCOC(=O)C(CC(Cl)c1ccccc1)C(=O)OCC. The number of esters is 2. The smallest absolute Gasteiger partial charge is 0.320 e. The lowest BCUT2D eigenvalue weighted by molar-refractivity contribution is -0.161. The van der Waals surface area contributed by atoms with Crippen molar-refractivity contribution in [2.75, 3.05) is 13.2 Å². The molecule has 0 saturated heterocycles. The predicted molar refractivity (Wildman–Crippen MR) is 76.4 cm³/mol. The molecule has 0 amide bonds. The summed E-state index contributed by atoms with van der Waals surface area (Å²) in [6.07, 6.45) is 0.156. The zero-order valence-electron chi connectivity index (χ0n) is 11.7. The average molecular weight is 299 g/mol. The summed E-state index contributed by atoms with van der Waals surface area (Å²) in [4.78, 5) is 23.7. The summed E-state index contributed by atoms with van der Waals surface area (Å²) < 4.78 is 9.82. The van der Waals surface area contributed by atoms with E-state index in [9.17, 15) is 9.59 Å². The molecule has 110 valence electrons. The van der Waals surface area contributed by atoms with Gasteiger partial charge in [-0.2, -0.15) is 0 Å². The van der Waals surface area contributed by atoms with E-state index in [1.54, 1.807) is 13.8 Å². The van der Waals surface area contributed by atoms with Crippen LogP contribution in [0.25, 0.3) is 0 Å². The third-order valence-corrected chi connectivity index (χ3v) is 3.18. The second-order valence-electron chi connectivity index (χ2n) is 4.17. The van der Waals surface area contributed by atoms with Gasteiger partial charge in [0.2, 0.25) is 0 Å². The number of alkyl halides is 1. The topological polar surface area (TPSA) is 52.6 Å². The first-order chi connectivity index (χ1) is 9.60. The molecule has 0 aromatic heterocycles. The largest absolute Gasteiger partial charge is 0.465 e. The van der Waals surface area contributed by atoms with Crippen LogP contribution in [0.5, 0.6) is 0 Å². The van der Waals surface area contributed by atoms with Crippen molar-refractivity contribution < 1.29 is 19.1 Å². The highest BCUT2D eigenvalue weighted by molar-refractivity contribution is 6.21. The Kier molecular flexibility index (Phi) is 7.09. The van der Waals surface area contributed by atoms with Gasteiger partial charge in [0.25, 0.3) is 0 Å². The predicted octanol–water partition coefficient (Wildman–Crippen LogP) is 3.10. The summed E-state index contributed by atoms with van der Waals surface area (Å²) in [5.74, 6) is -2.17. The van der Waals surface area contributed by atoms with Crippen LogP contribution in [-0.2, 0) is 19.1 Å². The zero-order chi connectivity index (χ0) is 15.0. The van der Waals surface area contributed by atoms with Crippen molar-refractivity contribution in [1.82, 2.24) is 0 Å². The van der Waals surface area contributed by atoms with E-state index in [2.05, 4.69) is 0 Å². The van der Waals surface area contributed by atoms with E-state index >= 15 is 0 Å². The second kappa shape index (κ2) is 8.59. The maximum atomic E-state index is 11.8. The minimum Gasteiger partial charge on any atom is -0.465 e. The Morgan fingerprint density at radius 1 is 1.05 bits per heavy atom. The maximum Gasteiger partial charge on any atom is 0.320 e. The van der Waals surface area contributed by atoms with Crippen molar-refractivity contribution in [3.05, 3.63) is 35.9 Å². The van der Waals surface area contributed by atoms with Gasteiger partial charge in [-0.25, -0.2) is 0 Å². The fourth-order valence-corrected chi connectivity index (χ4v) is 2.10. The van der Waals surface area contributed by atoms with E-state index in [1.807, 2.05) is 30.3 Å². The Bertz CT molecular complexity index is 415. The molecule has 0 N–H and O–H groups in total. The van der Waals surface area contributed by atoms with Crippen LogP contribution in [0.2, 0.25) is 0 Å². The molecule has 0 saturated carbocycles. The molecule has 0 fully saturated rings. The summed E-state index contributed by atoms with van der Waals surface area (Å²) >= 11 is 6.27. The van der Waals surface area contributed by atoms with Gasteiger partial charge in [-0.05, 0) is 25.8 Å². The van der Waals surface area contributed by atoms with E-state index in [1.165, 1.54) is 0 Å². The molecule has 1 aromatic rings. The summed E-state index contributed by atoms with van der Waals surface area (Å²) in [5, 5.41) is -0.449. The summed E-state index contributed by atoms with van der Waals surface area (Å²) in [5.41, 5.74) is 0.854. The number of ether oxygens (including phenoxy) is 2. The van der Waals surface area contributed by atoms with Gasteiger partial charge in [-0.3, -0.25) is 9.59 Å². The third kappa shape index (κ3) is 4.85. The van der Waals surface area contributed by atoms with E-state index in [-0.39, 0.29) is 19.6 Å². The van der Waals surface area contributed by atoms with Crippen LogP contribution in [0.3, 0.4) is 0 Å². The second-order valence-corrected chi connectivity index (χ2v) is 4.70. The fourth-order valence-electron chi connectivity index (χ4n) is 1.78. The van der Waals surface area contributed by atoms with E-state index < -0.39 is 23.2 Å². The lowest BCUT2D eigenvalue weighted by Gasteiger charge is -2.17. The van der Waals surface area contributed by atoms with Crippen LogP contribution in [0.1, 0.15) is 31.2 Å². The highest BCUT2D eigenvalue weighted by Gasteiger charge is 2.32. The summed E-state index contributed by atoms with van der Waals surface area (Å²) in [6.45, 7) is 3.81. The third-order valence-electron chi connectivity index (χ3n) is 2.75. The van der Waals surface area contributed by atoms with Gasteiger partial charge >= 0.3 is 11.9 Å². The van der Waals surface area contributed by atoms with Crippen molar-refractivity contribution in [3.63, 3.8) is 0 Å². The molecule has 0 aliphatic carbocycles. The molecular formula is C15H19ClO4. The number of carbonyl (C=O) groups excluding carboxylic acids is 2. The maximum absolute atomic E-state index is 11.8. The number of benzene rings is 1. The van der Waals surface area contributed by atoms with Crippen LogP contribution >= 0.6 is 11.6 Å². The van der Waals surface area contributed by atoms with E-state index in [0.29, 0.717) is 0 Å². The Balaban J connectivity index is 2.78. The highest BCUT2D eigenvalue weighted by Crippen LogP contribution is 2.29. The van der Waals surface area contributed by atoms with Gasteiger partial charge in [-0.15, -0.1) is 11.6 Å². The van der Waals surface area contributed by atoms with Crippen molar-refractivity contribution in [3.8, 4) is 0 Å². The molecule has 20 heavy (non-hydrogen) atoms. The van der Waals surface area contributed by atoms with Gasteiger partial charge in [0, 0.05) is 0 Å². The minimum atomic E-state index is -0.988. The van der Waals surface area contributed by atoms with Crippen LogP contribution < -0.4 is 0 Å². The standard InChI is InChI=1S/C15H19ClO4/c1-3-19-14(17)12(15(18)20-4-2)10-13(16)11-8-6-5-7-9-11/h5-9,12-13H,3-4,10H2,1-2H3. The molecule has 1 atom stereocenters. The van der Waals surface area contributed by atoms with Gasteiger partial charge in [-0.1, -0.05) is 30.3 Å². The quantitative estimate of drug-likeness (QED) is 0.441. The molecule has 0 aliphatic rings. The van der Waals surface area contributed by atoms with Crippen molar-refractivity contribution in [1.29, 1.82) is 0 Å². The first-order valence-corrected chi connectivity index (χ1v) is 7.06. The first-order valence-electron chi connectivity index (χ1n) is 6.62. The minimum absolute atomic E-state index is 0.156. The van der Waals surface area contributed by atoms with E-state index in [4.69, 9.17) is 21.1 Å². The van der Waals surface area contributed by atoms with Gasteiger partial charge in [0.1, 0.15) is 0 Å². The number of halogens is 1. The molecular weight excluding hydrogens is 280 g/mol. The number of hydrogen-bond donors (Lipinski definition) is 0. The Labute approximate surface area is 124 Å². The van der Waals surface area contributed by atoms with Gasteiger partial charge in [0.05, 0.1) is 18.6 Å². The Morgan fingerprint density at radius 3 is 2.00 bits per heavy atom. The molecule has 0 heterocycles. The van der Waals surface area contributed by atoms with Crippen LogP contribution in [0, 0.1) is 5.92 Å². The molecule has 5 heteroatoms. The number of rotatable bonds is 7. The molecule has 1 aromatic carbocycles. The van der Waals surface area contributed by atoms with Crippen molar-refractivity contribution in [2.45, 2.75) is 25.6 Å². The number of hydrogen-bond acceptors (Lipinski definition) is 4. The number of carbonyl (C=O) groups is 2. The van der Waals surface area contributed by atoms with Crippen LogP contribution in [0.4, 0.5) is 0 Å². The van der Waals surface area contributed by atoms with Crippen molar-refractivity contribution >= 4 is 23.5 Å². The molecule has 1 unspecified atom stereocenters. The molecule has 0 radical (unpaired) electrons. The lowest BCUT2D eigenvalue weighted by atomic mass is 9.99. The molecule has 0 spiro atoms. The van der Waals surface area contributed by atoms with Crippen molar-refractivity contribution in [2.24, 2.45) is 5.92 Å². The zero-order valence-corrected chi connectivity index (χ0v) is 12.4. The average Bonchev–Trinajstić information content (AvgIpc) is 2.45. The normalized spacial score (nSPS) is 12.0. The van der Waals surface area contributed by atoms with Crippen LogP contribution in [0.15, 0.2) is 30.3 Å². The van der Waals surface area contributed by atoms with Gasteiger partial charge < -0.3 is 9.47 Å². The summed E-state index contributed by atoms with van der Waals surface area (Å²) in [7, 11) is 0. The first kappa shape index (κ1) is 16.5. The molecule has 1 rings (SSSR count). The Hall–Kier alpha value is -1.55. The molecule has 4 nitrogen and oxygen atoms in total. The Morgan fingerprint density at radius 2 is 1.55 bits per heavy atom. The summed E-state index contributed by atoms with van der Waals surface area (Å²) in [6, 6.07) is 9.29.